The van der Waals surface area contributed by atoms with Crippen LogP contribution in [0.3, 0.4) is 0 Å². The Morgan fingerprint density at radius 2 is 1.89 bits per heavy atom. The Morgan fingerprint density at radius 3 is 2.37 bits per heavy atom. The van der Waals surface area contributed by atoms with Crippen LogP contribution in [0.5, 0.6) is 0 Å². The van der Waals surface area contributed by atoms with Crippen LogP contribution in [-0.2, 0) is 6.42 Å². The van der Waals surface area contributed by atoms with Gasteiger partial charge in [-0.3, -0.25) is 0 Å². The van der Waals surface area contributed by atoms with Gasteiger partial charge in [-0.25, -0.2) is 0 Å². The van der Waals surface area contributed by atoms with E-state index in [-0.39, 0.29) is 0 Å². The van der Waals surface area contributed by atoms with Gasteiger partial charge in [0.1, 0.15) is 0 Å². The first-order chi connectivity index (χ1) is 9.08. The molecule has 19 heavy (non-hydrogen) atoms. The second-order valence-electron chi connectivity index (χ2n) is 6.50. The summed E-state index contributed by atoms with van der Waals surface area (Å²) in [5, 5.41) is 3.49. The van der Waals surface area contributed by atoms with E-state index in [1.54, 1.807) is 0 Å². The van der Waals surface area contributed by atoms with Gasteiger partial charge in [0.05, 0.1) is 0 Å². The maximum absolute atomic E-state index is 3.49. The molecule has 0 saturated carbocycles. The van der Waals surface area contributed by atoms with Crippen LogP contribution in [0.1, 0.15) is 37.4 Å². The molecule has 1 saturated heterocycles. The number of benzene rings is 1. The summed E-state index contributed by atoms with van der Waals surface area (Å²) in [4.78, 5) is 2.37. The van der Waals surface area contributed by atoms with Gasteiger partial charge in [-0.05, 0) is 63.0 Å². The topological polar surface area (TPSA) is 15.3 Å². The summed E-state index contributed by atoms with van der Waals surface area (Å²) >= 11 is 0. The summed E-state index contributed by atoms with van der Waals surface area (Å²) in [5.74, 6) is 1.47. The lowest BCUT2D eigenvalue weighted by Crippen LogP contribution is -2.28. The van der Waals surface area contributed by atoms with Crippen molar-refractivity contribution in [3.05, 3.63) is 35.4 Å². The third-order valence-electron chi connectivity index (χ3n) is 4.07. The van der Waals surface area contributed by atoms with E-state index < -0.39 is 0 Å². The van der Waals surface area contributed by atoms with Gasteiger partial charge in [0.25, 0.3) is 0 Å². The van der Waals surface area contributed by atoms with Gasteiger partial charge >= 0.3 is 0 Å². The van der Waals surface area contributed by atoms with E-state index in [0.717, 1.165) is 18.4 Å². The minimum atomic E-state index is 0.545. The smallest absolute Gasteiger partial charge is 0.0382 e. The third-order valence-corrected chi connectivity index (χ3v) is 4.07. The van der Waals surface area contributed by atoms with E-state index in [1.807, 2.05) is 0 Å². The quantitative estimate of drug-likeness (QED) is 0.875. The molecule has 1 aliphatic heterocycles. The zero-order valence-corrected chi connectivity index (χ0v) is 12.8. The van der Waals surface area contributed by atoms with Crippen LogP contribution in [-0.4, -0.2) is 32.1 Å². The summed E-state index contributed by atoms with van der Waals surface area (Å²) in [6, 6.07) is 9.84. The summed E-state index contributed by atoms with van der Waals surface area (Å²) in [5.41, 5.74) is 2.92. The molecule has 0 amide bonds. The molecule has 2 atom stereocenters. The molecule has 0 bridgehead atoms. The first-order valence-corrected chi connectivity index (χ1v) is 7.54. The highest BCUT2D eigenvalue weighted by molar-refractivity contribution is 5.26. The summed E-state index contributed by atoms with van der Waals surface area (Å²) in [6.45, 7) is 6.87. The summed E-state index contributed by atoms with van der Waals surface area (Å²) in [7, 11) is 4.40. The molecule has 2 heteroatoms. The van der Waals surface area contributed by atoms with Gasteiger partial charge in [-0.2, -0.15) is 0 Å². The molecule has 106 valence electrons. The molecule has 0 aliphatic carbocycles. The Balaban J connectivity index is 2.13. The predicted molar refractivity (Wildman–Crippen MR) is 82.4 cm³/mol. The van der Waals surface area contributed by atoms with Gasteiger partial charge in [0, 0.05) is 6.04 Å². The second-order valence-corrected chi connectivity index (χ2v) is 6.50. The van der Waals surface area contributed by atoms with Crippen molar-refractivity contribution in [2.45, 2.75) is 32.7 Å². The molecular formula is C17H28N2. The molecule has 1 aliphatic rings. The summed E-state index contributed by atoms with van der Waals surface area (Å²) in [6.07, 6.45) is 2.47. The SMILES string of the molecule is CC(C)Cc1ccc(C(C2CCNC2)N(C)C)cc1. The fourth-order valence-electron chi connectivity index (χ4n) is 3.26. The lowest BCUT2D eigenvalue weighted by atomic mass is 9.90. The Labute approximate surface area is 118 Å². The molecule has 0 spiro atoms. The van der Waals surface area contributed by atoms with E-state index >= 15 is 0 Å². The third kappa shape index (κ3) is 3.80. The van der Waals surface area contributed by atoms with Gasteiger partial charge in [0.2, 0.25) is 0 Å². The highest BCUT2D eigenvalue weighted by atomic mass is 15.1. The van der Waals surface area contributed by atoms with Crippen molar-refractivity contribution >= 4 is 0 Å². The van der Waals surface area contributed by atoms with E-state index in [2.05, 4.69) is 62.4 Å². The van der Waals surface area contributed by atoms with Crippen LogP contribution < -0.4 is 5.32 Å². The van der Waals surface area contributed by atoms with Crippen LogP contribution in [0.15, 0.2) is 24.3 Å². The Morgan fingerprint density at radius 1 is 1.21 bits per heavy atom. The van der Waals surface area contributed by atoms with Crippen LogP contribution >= 0.6 is 0 Å². The van der Waals surface area contributed by atoms with Crippen molar-refractivity contribution in [1.29, 1.82) is 0 Å². The molecular weight excluding hydrogens is 232 g/mol. The maximum Gasteiger partial charge on any atom is 0.0382 e. The van der Waals surface area contributed by atoms with Crippen molar-refractivity contribution in [3.63, 3.8) is 0 Å². The number of nitrogens with one attached hydrogen (secondary N) is 1. The fraction of sp³-hybridized carbons (Fsp3) is 0.647. The first-order valence-electron chi connectivity index (χ1n) is 7.54. The van der Waals surface area contributed by atoms with E-state index in [1.165, 1.54) is 30.5 Å². The molecule has 1 aromatic carbocycles. The zero-order valence-electron chi connectivity index (χ0n) is 12.8. The largest absolute Gasteiger partial charge is 0.316 e. The molecule has 0 radical (unpaired) electrons. The summed E-state index contributed by atoms with van der Waals surface area (Å²) < 4.78 is 0. The van der Waals surface area contributed by atoms with E-state index in [9.17, 15) is 0 Å². The van der Waals surface area contributed by atoms with Crippen molar-refractivity contribution in [3.8, 4) is 0 Å². The zero-order chi connectivity index (χ0) is 13.8. The highest BCUT2D eigenvalue weighted by Crippen LogP contribution is 2.31. The Kier molecular flexibility index (Phi) is 5.00. The minimum Gasteiger partial charge on any atom is -0.316 e. The van der Waals surface area contributed by atoms with Crippen molar-refractivity contribution in [1.82, 2.24) is 10.2 Å². The maximum atomic E-state index is 3.49. The molecule has 2 rings (SSSR count). The molecule has 1 heterocycles. The molecule has 1 fully saturated rings. The number of rotatable bonds is 5. The normalized spacial score (nSPS) is 21.3. The monoisotopic (exact) mass is 260 g/mol. The van der Waals surface area contributed by atoms with Gasteiger partial charge in [0.15, 0.2) is 0 Å². The lowest BCUT2D eigenvalue weighted by Gasteiger charge is -2.30. The Bertz CT molecular complexity index is 375. The molecule has 0 aromatic heterocycles. The first kappa shape index (κ1) is 14.5. The second kappa shape index (κ2) is 6.53. The fourth-order valence-corrected chi connectivity index (χ4v) is 3.26. The van der Waals surface area contributed by atoms with Crippen LogP contribution in [0.2, 0.25) is 0 Å². The Hall–Kier alpha value is -0.860. The molecule has 2 nitrogen and oxygen atoms in total. The number of hydrogen-bond donors (Lipinski definition) is 1. The van der Waals surface area contributed by atoms with Gasteiger partial charge < -0.3 is 10.2 Å². The highest BCUT2D eigenvalue weighted by Gasteiger charge is 2.27. The van der Waals surface area contributed by atoms with Gasteiger partial charge in [-0.15, -0.1) is 0 Å². The van der Waals surface area contributed by atoms with Crippen molar-refractivity contribution in [2.75, 3.05) is 27.2 Å². The number of nitrogens with zero attached hydrogens (tertiary/aromatic N) is 1. The molecule has 1 N–H and O–H groups in total. The van der Waals surface area contributed by atoms with Gasteiger partial charge in [-0.1, -0.05) is 38.1 Å². The van der Waals surface area contributed by atoms with Crippen LogP contribution in [0.4, 0.5) is 0 Å². The number of hydrogen-bond acceptors (Lipinski definition) is 2. The average molecular weight is 260 g/mol. The van der Waals surface area contributed by atoms with E-state index in [4.69, 9.17) is 0 Å². The minimum absolute atomic E-state index is 0.545. The van der Waals surface area contributed by atoms with Crippen LogP contribution in [0.25, 0.3) is 0 Å². The van der Waals surface area contributed by atoms with Crippen molar-refractivity contribution < 1.29 is 0 Å². The lowest BCUT2D eigenvalue weighted by molar-refractivity contribution is 0.223. The van der Waals surface area contributed by atoms with Crippen molar-refractivity contribution in [2.24, 2.45) is 11.8 Å². The molecule has 2 unspecified atom stereocenters. The molecule has 1 aromatic rings. The van der Waals surface area contributed by atoms with E-state index in [0.29, 0.717) is 6.04 Å². The predicted octanol–water partition coefficient (Wildman–Crippen LogP) is 3.10. The average Bonchev–Trinajstić information content (AvgIpc) is 2.84. The van der Waals surface area contributed by atoms with Crippen LogP contribution in [0, 0.1) is 11.8 Å². The standard InChI is InChI=1S/C17H28N2/c1-13(2)11-14-5-7-15(8-6-14)17(19(3)4)16-9-10-18-12-16/h5-8,13,16-18H,9-12H2,1-4H3.